The predicted octanol–water partition coefficient (Wildman–Crippen LogP) is 1.38. The van der Waals surface area contributed by atoms with E-state index in [4.69, 9.17) is 18.3 Å². The van der Waals surface area contributed by atoms with Gasteiger partial charge in [-0.1, -0.05) is 12.1 Å². The Morgan fingerprint density at radius 2 is 1.78 bits per heavy atom. The Labute approximate surface area is 180 Å². The topological polar surface area (TPSA) is 143 Å². The summed E-state index contributed by atoms with van der Waals surface area (Å²) in [5.41, 5.74) is 1.31. The quantitative estimate of drug-likeness (QED) is 0.370. The van der Waals surface area contributed by atoms with Crippen LogP contribution in [0.25, 0.3) is 33.3 Å². The van der Waals surface area contributed by atoms with Crippen LogP contribution in [0.5, 0.6) is 5.75 Å². The minimum Gasteiger partial charge on any atom is -0.464 e. The van der Waals surface area contributed by atoms with E-state index in [1.165, 1.54) is 12.3 Å². The van der Waals surface area contributed by atoms with Crippen LogP contribution in [-0.2, 0) is 4.74 Å². The Balaban J connectivity index is 1.49. The van der Waals surface area contributed by atoms with Crippen molar-refractivity contribution in [1.29, 1.82) is 0 Å². The molecule has 0 amide bonds. The van der Waals surface area contributed by atoms with Crippen molar-refractivity contribution in [2.75, 3.05) is 6.61 Å². The number of fused-ring (bicyclic) bond motifs is 3. The molecule has 2 aromatic heterocycles. The molecular weight excluding hydrogens is 420 g/mol. The van der Waals surface area contributed by atoms with Gasteiger partial charge in [-0.2, -0.15) is 0 Å². The van der Waals surface area contributed by atoms with Crippen molar-refractivity contribution in [1.82, 2.24) is 0 Å². The van der Waals surface area contributed by atoms with Gasteiger partial charge in [-0.05, 0) is 30.3 Å². The molecule has 1 aliphatic heterocycles. The number of hydrogen-bond acceptors (Lipinski definition) is 9. The Kier molecular flexibility index (Phi) is 5.20. The molecular formula is C23H20O9. The summed E-state index contributed by atoms with van der Waals surface area (Å²) in [6, 6.07) is 13.0. The molecule has 1 aliphatic rings. The largest absolute Gasteiger partial charge is 0.464 e. The van der Waals surface area contributed by atoms with Crippen LogP contribution < -0.4 is 10.2 Å². The number of aliphatic hydroxyl groups excluding tert-OH is 4. The number of furan rings is 1. The van der Waals surface area contributed by atoms with E-state index in [1.807, 2.05) is 0 Å². The van der Waals surface area contributed by atoms with Gasteiger partial charge in [-0.25, -0.2) is 0 Å². The zero-order valence-electron chi connectivity index (χ0n) is 16.6. The highest BCUT2D eigenvalue weighted by molar-refractivity contribution is 6.02. The summed E-state index contributed by atoms with van der Waals surface area (Å²) in [6.07, 6.45) is -5.46. The van der Waals surface area contributed by atoms with Crippen LogP contribution in [0.1, 0.15) is 0 Å². The minimum atomic E-state index is -1.55. The van der Waals surface area contributed by atoms with Gasteiger partial charge in [-0.3, -0.25) is 4.79 Å². The van der Waals surface area contributed by atoms with Crippen molar-refractivity contribution in [3.05, 3.63) is 65.0 Å². The van der Waals surface area contributed by atoms with Crippen LogP contribution in [-0.4, -0.2) is 57.7 Å². The maximum Gasteiger partial charge on any atom is 0.229 e. The van der Waals surface area contributed by atoms with Gasteiger partial charge in [0.1, 0.15) is 47.1 Å². The fourth-order valence-corrected chi connectivity index (χ4v) is 3.82. The van der Waals surface area contributed by atoms with Crippen molar-refractivity contribution in [2.24, 2.45) is 0 Å². The number of benzene rings is 2. The first kappa shape index (κ1) is 20.7. The molecule has 9 heteroatoms. The monoisotopic (exact) mass is 440 g/mol. The fourth-order valence-electron chi connectivity index (χ4n) is 3.82. The Morgan fingerprint density at radius 3 is 2.59 bits per heavy atom. The van der Waals surface area contributed by atoms with Gasteiger partial charge in [0.25, 0.3) is 0 Å². The SMILES string of the molecule is O=c1cc(-c2cccc(O[C@H]3O[C@@H](CO)[C@H](O)[C@H](O)[C@@H]3O)c2)oc2c1ccc1occc12. The second kappa shape index (κ2) is 8.05. The molecule has 0 unspecified atom stereocenters. The summed E-state index contributed by atoms with van der Waals surface area (Å²) in [7, 11) is 0. The number of aliphatic hydroxyl groups is 4. The maximum atomic E-state index is 12.7. The smallest absolute Gasteiger partial charge is 0.229 e. The Bertz CT molecular complexity index is 1320. The van der Waals surface area contributed by atoms with Gasteiger partial charge >= 0.3 is 0 Å². The molecule has 0 spiro atoms. The highest BCUT2D eigenvalue weighted by Gasteiger charge is 2.44. The number of rotatable bonds is 4. The highest BCUT2D eigenvalue weighted by atomic mass is 16.7. The summed E-state index contributed by atoms with van der Waals surface area (Å²) in [5, 5.41) is 40.5. The molecule has 2 aromatic carbocycles. The molecule has 5 atom stereocenters. The second-order valence-electron chi connectivity index (χ2n) is 7.59. The lowest BCUT2D eigenvalue weighted by Gasteiger charge is -2.39. The molecule has 4 aromatic rings. The highest BCUT2D eigenvalue weighted by Crippen LogP contribution is 2.31. The van der Waals surface area contributed by atoms with E-state index in [0.717, 1.165) is 0 Å². The first-order chi connectivity index (χ1) is 15.5. The van der Waals surface area contributed by atoms with E-state index < -0.39 is 37.3 Å². The van der Waals surface area contributed by atoms with E-state index in [-0.39, 0.29) is 11.2 Å². The second-order valence-corrected chi connectivity index (χ2v) is 7.59. The van der Waals surface area contributed by atoms with E-state index >= 15 is 0 Å². The van der Waals surface area contributed by atoms with Crippen molar-refractivity contribution in [2.45, 2.75) is 30.7 Å². The van der Waals surface area contributed by atoms with Crippen LogP contribution >= 0.6 is 0 Å². The zero-order valence-corrected chi connectivity index (χ0v) is 16.6. The van der Waals surface area contributed by atoms with E-state index in [1.54, 1.807) is 42.5 Å². The first-order valence-electron chi connectivity index (χ1n) is 9.98. The zero-order chi connectivity index (χ0) is 22.4. The fraction of sp³-hybridized carbons (Fsp3) is 0.261. The van der Waals surface area contributed by atoms with E-state index in [9.17, 15) is 25.2 Å². The van der Waals surface area contributed by atoms with Crippen LogP contribution in [0, 0.1) is 0 Å². The maximum absolute atomic E-state index is 12.7. The predicted molar refractivity (Wildman–Crippen MR) is 112 cm³/mol. The van der Waals surface area contributed by atoms with Gasteiger partial charge < -0.3 is 38.7 Å². The lowest BCUT2D eigenvalue weighted by Crippen LogP contribution is -2.60. The average molecular weight is 440 g/mol. The lowest BCUT2D eigenvalue weighted by atomic mass is 9.99. The summed E-state index contributed by atoms with van der Waals surface area (Å²) >= 11 is 0. The summed E-state index contributed by atoms with van der Waals surface area (Å²) in [4.78, 5) is 12.7. The average Bonchev–Trinajstić information content (AvgIpc) is 3.29. The van der Waals surface area contributed by atoms with Crippen LogP contribution in [0.3, 0.4) is 0 Å². The minimum absolute atomic E-state index is 0.218. The molecule has 0 aliphatic carbocycles. The van der Waals surface area contributed by atoms with Gasteiger partial charge in [0.15, 0.2) is 5.43 Å². The lowest BCUT2D eigenvalue weighted by molar-refractivity contribution is -0.277. The molecule has 1 fully saturated rings. The molecule has 5 rings (SSSR count). The van der Waals surface area contributed by atoms with Gasteiger partial charge in [0.05, 0.1) is 23.6 Å². The van der Waals surface area contributed by atoms with Crippen molar-refractivity contribution < 1.29 is 38.7 Å². The van der Waals surface area contributed by atoms with Crippen LogP contribution in [0.15, 0.2) is 68.4 Å². The third-order valence-corrected chi connectivity index (χ3v) is 5.54. The summed E-state index contributed by atoms with van der Waals surface area (Å²) < 4.78 is 22.5. The normalized spacial score (nSPS) is 25.9. The van der Waals surface area contributed by atoms with Crippen molar-refractivity contribution in [3.63, 3.8) is 0 Å². The number of ether oxygens (including phenoxy) is 2. The standard InChI is InChI=1S/C23H20O9/c24-10-18-19(26)20(27)21(28)23(32-18)30-12-3-1-2-11(8-12)17-9-15(25)13-4-5-16-14(6-7-29-16)22(13)31-17/h1-9,18-21,23-24,26-28H,10H2/t18-,19-,20-,21-,23-/m0/s1. The summed E-state index contributed by atoms with van der Waals surface area (Å²) in [5.74, 6) is 0.562. The third-order valence-electron chi connectivity index (χ3n) is 5.54. The molecule has 3 heterocycles. The van der Waals surface area contributed by atoms with Gasteiger partial charge in [0, 0.05) is 11.6 Å². The molecule has 32 heavy (non-hydrogen) atoms. The molecule has 0 radical (unpaired) electrons. The Hall–Kier alpha value is -3.21. The molecule has 0 bridgehead atoms. The van der Waals surface area contributed by atoms with Gasteiger partial charge in [-0.15, -0.1) is 0 Å². The summed E-state index contributed by atoms with van der Waals surface area (Å²) in [6.45, 7) is -0.560. The Morgan fingerprint density at radius 1 is 0.938 bits per heavy atom. The van der Waals surface area contributed by atoms with Crippen LogP contribution in [0.4, 0.5) is 0 Å². The van der Waals surface area contributed by atoms with Crippen molar-refractivity contribution in [3.8, 4) is 17.1 Å². The molecule has 0 saturated carbocycles. The molecule has 1 saturated heterocycles. The van der Waals surface area contributed by atoms with E-state index in [0.29, 0.717) is 33.3 Å². The molecule has 166 valence electrons. The van der Waals surface area contributed by atoms with Gasteiger partial charge in [0.2, 0.25) is 6.29 Å². The van der Waals surface area contributed by atoms with Crippen molar-refractivity contribution >= 4 is 21.9 Å². The first-order valence-corrected chi connectivity index (χ1v) is 9.98. The third kappa shape index (κ3) is 3.46. The van der Waals surface area contributed by atoms with Crippen LogP contribution in [0.2, 0.25) is 0 Å². The molecule has 9 nitrogen and oxygen atoms in total. The number of hydrogen-bond donors (Lipinski definition) is 4. The van der Waals surface area contributed by atoms with E-state index in [2.05, 4.69) is 0 Å². The molecule has 4 N–H and O–H groups in total.